The molecule has 0 nitrogen and oxygen atoms in total. The van der Waals surface area contributed by atoms with Gasteiger partial charge in [-0.2, -0.15) is 8.78 Å². The van der Waals surface area contributed by atoms with Gasteiger partial charge in [0, 0.05) is 0 Å². The molecule has 1 aliphatic carbocycles. The molecule has 0 radical (unpaired) electrons. The lowest BCUT2D eigenvalue weighted by atomic mass is 9.86. The summed E-state index contributed by atoms with van der Waals surface area (Å²) in [7, 11) is 0. The van der Waals surface area contributed by atoms with Crippen molar-refractivity contribution in [2.75, 3.05) is 0 Å². The van der Waals surface area contributed by atoms with Crippen LogP contribution in [0, 0.1) is 0 Å². The molecule has 1 rings (SSSR count). The molecule has 1 aliphatic rings. The normalized spacial score (nSPS) is 37.8. The van der Waals surface area contributed by atoms with Gasteiger partial charge in [-0.1, -0.05) is 0 Å². The van der Waals surface area contributed by atoms with Crippen molar-refractivity contribution in [1.29, 1.82) is 0 Å². The molecule has 0 aliphatic heterocycles. The quantitative estimate of drug-likeness (QED) is 0.475. The summed E-state index contributed by atoms with van der Waals surface area (Å²) < 4.78 is 59.6. The Morgan fingerprint density at radius 2 is 1.40 bits per heavy atom. The van der Waals surface area contributed by atoms with Crippen molar-refractivity contribution in [3.63, 3.8) is 0 Å². The van der Waals surface area contributed by atoms with Gasteiger partial charge < -0.3 is 0 Å². The van der Waals surface area contributed by atoms with Crippen LogP contribution < -0.4 is 0 Å². The number of rotatable bonds is 0. The lowest BCUT2D eigenvalue weighted by molar-refractivity contribution is -0.141. The predicted molar refractivity (Wildman–Crippen MR) is 23.7 cm³/mol. The Kier molecular flexibility index (Phi) is 1.14. The van der Waals surface area contributed by atoms with Crippen LogP contribution in [-0.2, 0) is 0 Å². The molecular formula is C5H3F5. The van der Waals surface area contributed by atoms with Gasteiger partial charge >= 0.3 is 5.92 Å². The fourth-order valence-electron chi connectivity index (χ4n) is 0.625. The average molecular weight is 158 g/mol. The standard InChI is InChI=1S/C5H3F5/c1-4(8)2(6)3(7)5(4,9)10/h1H3. The zero-order chi connectivity index (χ0) is 8.15. The molecule has 1 atom stereocenters. The van der Waals surface area contributed by atoms with E-state index in [1.807, 2.05) is 0 Å². The minimum Gasteiger partial charge on any atom is -0.229 e. The first kappa shape index (κ1) is 7.50. The third kappa shape index (κ3) is 0.507. The molecule has 5 heteroatoms. The second-order valence-corrected chi connectivity index (χ2v) is 2.21. The van der Waals surface area contributed by atoms with E-state index in [4.69, 9.17) is 0 Å². The molecule has 10 heavy (non-hydrogen) atoms. The van der Waals surface area contributed by atoms with Crippen LogP contribution in [0.4, 0.5) is 22.0 Å². The predicted octanol–water partition coefficient (Wildman–Crippen LogP) is 2.51. The summed E-state index contributed by atoms with van der Waals surface area (Å²) >= 11 is 0. The van der Waals surface area contributed by atoms with E-state index in [9.17, 15) is 22.0 Å². The smallest absolute Gasteiger partial charge is 0.229 e. The van der Waals surface area contributed by atoms with Crippen molar-refractivity contribution in [2.24, 2.45) is 0 Å². The van der Waals surface area contributed by atoms with Gasteiger partial charge in [0.25, 0.3) is 0 Å². The molecule has 0 aromatic heterocycles. The average Bonchev–Trinajstić information content (AvgIpc) is 1.84. The number of hydrogen-bond donors (Lipinski definition) is 0. The van der Waals surface area contributed by atoms with Crippen LogP contribution >= 0.6 is 0 Å². The SMILES string of the molecule is CC1(F)C(F)=C(F)C1(F)F. The minimum absolute atomic E-state index is 0.297. The number of allylic oxidation sites excluding steroid dienone is 2. The van der Waals surface area contributed by atoms with Gasteiger partial charge in [-0.25, -0.2) is 13.2 Å². The molecule has 0 amide bonds. The fraction of sp³-hybridized carbons (Fsp3) is 0.600. The Morgan fingerprint density at radius 3 is 1.50 bits per heavy atom. The zero-order valence-electron chi connectivity index (χ0n) is 4.89. The minimum atomic E-state index is -4.28. The lowest BCUT2D eigenvalue weighted by Gasteiger charge is -2.35. The largest absolute Gasteiger partial charge is 0.340 e. The number of halogens is 5. The molecule has 0 aromatic carbocycles. The van der Waals surface area contributed by atoms with Crippen molar-refractivity contribution in [2.45, 2.75) is 18.5 Å². The Labute approximate surface area is 53.3 Å². The maximum Gasteiger partial charge on any atom is 0.340 e. The van der Waals surface area contributed by atoms with E-state index in [-0.39, 0.29) is 0 Å². The van der Waals surface area contributed by atoms with Gasteiger partial charge in [0.1, 0.15) is 0 Å². The van der Waals surface area contributed by atoms with Gasteiger partial charge in [-0.15, -0.1) is 0 Å². The molecule has 0 heterocycles. The van der Waals surface area contributed by atoms with E-state index < -0.39 is 23.2 Å². The molecule has 0 fully saturated rings. The zero-order valence-corrected chi connectivity index (χ0v) is 4.89. The van der Waals surface area contributed by atoms with Crippen LogP contribution in [0.15, 0.2) is 11.7 Å². The maximum atomic E-state index is 12.2. The summed E-state index contributed by atoms with van der Waals surface area (Å²) in [4.78, 5) is 0. The molecule has 0 N–H and O–H groups in total. The molecular weight excluding hydrogens is 155 g/mol. The van der Waals surface area contributed by atoms with Crippen molar-refractivity contribution < 1.29 is 22.0 Å². The van der Waals surface area contributed by atoms with Gasteiger partial charge in [0.05, 0.1) is 0 Å². The van der Waals surface area contributed by atoms with E-state index in [1.54, 1.807) is 0 Å². The molecule has 0 bridgehead atoms. The second-order valence-electron chi connectivity index (χ2n) is 2.21. The third-order valence-electron chi connectivity index (χ3n) is 1.47. The van der Waals surface area contributed by atoms with Gasteiger partial charge in [-0.3, -0.25) is 0 Å². The highest BCUT2D eigenvalue weighted by molar-refractivity contribution is 5.37. The second kappa shape index (κ2) is 1.52. The van der Waals surface area contributed by atoms with Crippen LogP contribution in [0.3, 0.4) is 0 Å². The first-order valence-electron chi connectivity index (χ1n) is 2.44. The topological polar surface area (TPSA) is 0 Å². The monoisotopic (exact) mass is 158 g/mol. The first-order valence-corrected chi connectivity index (χ1v) is 2.44. The van der Waals surface area contributed by atoms with E-state index in [0.29, 0.717) is 6.92 Å². The lowest BCUT2D eigenvalue weighted by Crippen LogP contribution is -2.52. The van der Waals surface area contributed by atoms with Gasteiger partial charge in [0.15, 0.2) is 5.83 Å². The van der Waals surface area contributed by atoms with Crippen LogP contribution in [-0.4, -0.2) is 11.6 Å². The summed E-state index contributed by atoms with van der Waals surface area (Å²) in [5.41, 5.74) is -3.45. The highest BCUT2D eigenvalue weighted by Gasteiger charge is 2.69. The Hall–Kier alpha value is -0.610. The third-order valence-corrected chi connectivity index (χ3v) is 1.47. The molecule has 0 saturated carbocycles. The van der Waals surface area contributed by atoms with Crippen molar-refractivity contribution >= 4 is 0 Å². The van der Waals surface area contributed by atoms with E-state index in [1.165, 1.54) is 0 Å². The fourth-order valence-corrected chi connectivity index (χ4v) is 0.625. The van der Waals surface area contributed by atoms with E-state index in [2.05, 4.69) is 0 Å². The van der Waals surface area contributed by atoms with Crippen molar-refractivity contribution in [3.8, 4) is 0 Å². The van der Waals surface area contributed by atoms with Crippen LogP contribution in [0.2, 0.25) is 0 Å². The summed E-state index contributed by atoms with van der Waals surface area (Å²) in [6, 6.07) is 0. The summed E-state index contributed by atoms with van der Waals surface area (Å²) in [5.74, 6) is -8.58. The van der Waals surface area contributed by atoms with Crippen LogP contribution in [0.5, 0.6) is 0 Å². The summed E-state index contributed by atoms with van der Waals surface area (Å²) in [6.45, 7) is 0.297. The molecule has 58 valence electrons. The van der Waals surface area contributed by atoms with Crippen LogP contribution in [0.25, 0.3) is 0 Å². The van der Waals surface area contributed by atoms with Crippen molar-refractivity contribution in [1.82, 2.24) is 0 Å². The number of hydrogen-bond acceptors (Lipinski definition) is 0. The maximum absolute atomic E-state index is 12.2. The van der Waals surface area contributed by atoms with Gasteiger partial charge in [-0.05, 0) is 6.92 Å². The Balaban J connectivity index is 3.10. The molecule has 0 aromatic rings. The summed E-state index contributed by atoms with van der Waals surface area (Å²) in [6.07, 6.45) is 0. The molecule has 0 spiro atoms. The molecule has 0 saturated heterocycles. The Bertz CT molecular complexity index is 180. The van der Waals surface area contributed by atoms with Crippen LogP contribution in [0.1, 0.15) is 6.92 Å². The summed E-state index contributed by atoms with van der Waals surface area (Å²) in [5, 5.41) is 0. The highest BCUT2D eigenvalue weighted by atomic mass is 19.3. The Morgan fingerprint density at radius 1 is 1.00 bits per heavy atom. The van der Waals surface area contributed by atoms with Crippen molar-refractivity contribution in [3.05, 3.63) is 11.7 Å². The van der Waals surface area contributed by atoms with E-state index in [0.717, 1.165) is 0 Å². The number of alkyl halides is 3. The highest BCUT2D eigenvalue weighted by Crippen LogP contribution is 2.55. The van der Waals surface area contributed by atoms with E-state index >= 15 is 0 Å². The first-order chi connectivity index (χ1) is 4.32. The molecule has 1 unspecified atom stereocenters. The van der Waals surface area contributed by atoms with Gasteiger partial charge in [0.2, 0.25) is 11.5 Å².